The van der Waals surface area contributed by atoms with Gasteiger partial charge in [0.2, 0.25) is 0 Å². The standard InChI is InChI=1S/C14H24N2O2/c1-16(2)9-5-8-15-11-12-10-13(17-3)6-7-14(12)18-4/h6-7,10,15H,5,8-9,11H2,1-4H3. The average Bonchev–Trinajstić information content (AvgIpc) is 2.37. The summed E-state index contributed by atoms with van der Waals surface area (Å²) in [6.45, 7) is 2.90. The molecule has 1 aromatic rings. The summed E-state index contributed by atoms with van der Waals surface area (Å²) in [5, 5.41) is 3.42. The summed E-state index contributed by atoms with van der Waals surface area (Å²) in [5.41, 5.74) is 1.13. The summed E-state index contributed by atoms with van der Waals surface area (Å²) in [6, 6.07) is 5.86. The van der Waals surface area contributed by atoms with E-state index in [4.69, 9.17) is 9.47 Å². The number of nitrogens with zero attached hydrogens (tertiary/aromatic N) is 1. The van der Waals surface area contributed by atoms with Crippen LogP contribution in [-0.4, -0.2) is 46.3 Å². The van der Waals surface area contributed by atoms with E-state index < -0.39 is 0 Å². The molecule has 0 unspecified atom stereocenters. The van der Waals surface area contributed by atoms with E-state index >= 15 is 0 Å². The molecule has 0 spiro atoms. The Morgan fingerprint density at radius 3 is 2.56 bits per heavy atom. The molecule has 102 valence electrons. The molecule has 4 nitrogen and oxygen atoms in total. The Balaban J connectivity index is 2.44. The second-order valence-corrected chi connectivity index (χ2v) is 4.51. The second-order valence-electron chi connectivity index (χ2n) is 4.51. The van der Waals surface area contributed by atoms with Gasteiger partial charge in [0.25, 0.3) is 0 Å². The van der Waals surface area contributed by atoms with Crippen LogP contribution in [0.25, 0.3) is 0 Å². The van der Waals surface area contributed by atoms with E-state index in [1.165, 1.54) is 0 Å². The van der Waals surface area contributed by atoms with Gasteiger partial charge in [-0.25, -0.2) is 0 Å². The molecule has 0 aliphatic rings. The van der Waals surface area contributed by atoms with E-state index in [-0.39, 0.29) is 0 Å². The highest BCUT2D eigenvalue weighted by Crippen LogP contribution is 2.23. The van der Waals surface area contributed by atoms with E-state index in [0.717, 1.165) is 43.1 Å². The van der Waals surface area contributed by atoms with Gasteiger partial charge in [-0.1, -0.05) is 0 Å². The minimum Gasteiger partial charge on any atom is -0.497 e. The van der Waals surface area contributed by atoms with Gasteiger partial charge in [0.05, 0.1) is 14.2 Å². The fourth-order valence-corrected chi connectivity index (χ4v) is 1.76. The number of hydrogen-bond donors (Lipinski definition) is 1. The van der Waals surface area contributed by atoms with Crippen LogP contribution in [0.3, 0.4) is 0 Å². The van der Waals surface area contributed by atoms with Crippen molar-refractivity contribution in [3.05, 3.63) is 23.8 Å². The molecule has 0 saturated heterocycles. The lowest BCUT2D eigenvalue weighted by Gasteiger charge is -2.12. The first-order chi connectivity index (χ1) is 8.67. The van der Waals surface area contributed by atoms with Gasteiger partial charge in [-0.05, 0) is 51.8 Å². The molecule has 0 fully saturated rings. The maximum absolute atomic E-state index is 5.34. The highest BCUT2D eigenvalue weighted by molar-refractivity contribution is 5.40. The number of hydrogen-bond acceptors (Lipinski definition) is 4. The smallest absolute Gasteiger partial charge is 0.123 e. The van der Waals surface area contributed by atoms with E-state index in [2.05, 4.69) is 24.3 Å². The summed E-state index contributed by atoms with van der Waals surface area (Å²) in [4.78, 5) is 2.19. The zero-order valence-corrected chi connectivity index (χ0v) is 11.8. The Kier molecular flexibility index (Phi) is 6.54. The van der Waals surface area contributed by atoms with Crippen LogP contribution in [0.4, 0.5) is 0 Å². The van der Waals surface area contributed by atoms with Gasteiger partial charge in [0, 0.05) is 12.1 Å². The van der Waals surface area contributed by atoms with Crippen LogP contribution >= 0.6 is 0 Å². The summed E-state index contributed by atoms with van der Waals surface area (Å²) in [5.74, 6) is 1.76. The van der Waals surface area contributed by atoms with Gasteiger partial charge >= 0.3 is 0 Å². The van der Waals surface area contributed by atoms with Crippen molar-refractivity contribution in [2.75, 3.05) is 41.4 Å². The topological polar surface area (TPSA) is 33.7 Å². The molecule has 4 heteroatoms. The Morgan fingerprint density at radius 2 is 1.94 bits per heavy atom. The Hall–Kier alpha value is -1.26. The molecule has 0 saturated carbocycles. The SMILES string of the molecule is COc1ccc(OC)c(CNCCCN(C)C)c1. The molecule has 0 amide bonds. The van der Waals surface area contributed by atoms with Crippen molar-refractivity contribution >= 4 is 0 Å². The monoisotopic (exact) mass is 252 g/mol. The summed E-state index contributed by atoms with van der Waals surface area (Å²) >= 11 is 0. The molecule has 0 aliphatic heterocycles. The van der Waals surface area contributed by atoms with Crippen molar-refractivity contribution < 1.29 is 9.47 Å². The van der Waals surface area contributed by atoms with Crippen molar-refractivity contribution in [2.45, 2.75) is 13.0 Å². The zero-order valence-electron chi connectivity index (χ0n) is 11.8. The zero-order chi connectivity index (χ0) is 13.4. The lowest BCUT2D eigenvalue weighted by molar-refractivity contribution is 0.388. The lowest BCUT2D eigenvalue weighted by atomic mass is 10.2. The van der Waals surface area contributed by atoms with E-state index in [1.54, 1.807) is 14.2 Å². The Labute approximate surface area is 110 Å². The van der Waals surface area contributed by atoms with Crippen LogP contribution in [-0.2, 0) is 6.54 Å². The van der Waals surface area contributed by atoms with E-state index in [1.807, 2.05) is 18.2 Å². The molecule has 18 heavy (non-hydrogen) atoms. The molecular formula is C14H24N2O2. The van der Waals surface area contributed by atoms with Crippen LogP contribution in [0.5, 0.6) is 11.5 Å². The summed E-state index contributed by atoms with van der Waals surface area (Å²) < 4.78 is 10.6. The summed E-state index contributed by atoms with van der Waals surface area (Å²) in [7, 11) is 7.55. The predicted molar refractivity (Wildman–Crippen MR) is 74.4 cm³/mol. The van der Waals surface area contributed by atoms with Gasteiger partial charge < -0.3 is 19.7 Å². The fraction of sp³-hybridized carbons (Fsp3) is 0.571. The van der Waals surface area contributed by atoms with Crippen LogP contribution in [0, 0.1) is 0 Å². The molecule has 1 rings (SSSR count). The molecule has 0 aliphatic carbocycles. The Bertz CT molecular complexity index is 354. The van der Waals surface area contributed by atoms with Gasteiger partial charge in [0.15, 0.2) is 0 Å². The van der Waals surface area contributed by atoms with Gasteiger partial charge in [-0.2, -0.15) is 0 Å². The quantitative estimate of drug-likeness (QED) is 0.715. The van der Waals surface area contributed by atoms with E-state index in [0.29, 0.717) is 0 Å². The third-order valence-corrected chi connectivity index (χ3v) is 2.76. The van der Waals surface area contributed by atoms with Crippen molar-refractivity contribution in [3.8, 4) is 11.5 Å². The van der Waals surface area contributed by atoms with Crippen molar-refractivity contribution in [3.63, 3.8) is 0 Å². The first-order valence-corrected chi connectivity index (χ1v) is 6.23. The van der Waals surface area contributed by atoms with Crippen LogP contribution in [0.1, 0.15) is 12.0 Å². The number of rotatable bonds is 8. The number of methoxy groups -OCH3 is 2. The average molecular weight is 252 g/mol. The van der Waals surface area contributed by atoms with Gasteiger partial charge in [-0.3, -0.25) is 0 Å². The molecule has 0 bridgehead atoms. The van der Waals surface area contributed by atoms with Crippen LogP contribution in [0.2, 0.25) is 0 Å². The Morgan fingerprint density at radius 1 is 1.17 bits per heavy atom. The summed E-state index contributed by atoms with van der Waals surface area (Å²) in [6.07, 6.45) is 1.14. The number of nitrogens with one attached hydrogen (secondary N) is 1. The highest BCUT2D eigenvalue weighted by atomic mass is 16.5. The first kappa shape index (κ1) is 14.8. The predicted octanol–water partition coefficient (Wildman–Crippen LogP) is 1.75. The molecule has 1 aromatic carbocycles. The third kappa shape index (κ3) is 4.94. The molecule has 0 aromatic heterocycles. The van der Waals surface area contributed by atoms with Crippen molar-refractivity contribution in [1.29, 1.82) is 0 Å². The number of ether oxygens (including phenoxy) is 2. The maximum atomic E-state index is 5.34. The van der Waals surface area contributed by atoms with Gasteiger partial charge in [0.1, 0.15) is 11.5 Å². The van der Waals surface area contributed by atoms with Crippen molar-refractivity contribution in [1.82, 2.24) is 10.2 Å². The minimum atomic E-state index is 0.799. The fourth-order valence-electron chi connectivity index (χ4n) is 1.76. The van der Waals surface area contributed by atoms with Crippen molar-refractivity contribution in [2.24, 2.45) is 0 Å². The van der Waals surface area contributed by atoms with Crippen LogP contribution < -0.4 is 14.8 Å². The molecule has 1 N–H and O–H groups in total. The molecule has 0 radical (unpaired) electrons. The lowest BCUT2D eigenvalue weighted by Crippen LogP contribution is -2.21. The molecular weight excluding hydrogens is 228 g/mol. The molecule has 0 heterocycles. The number of benzene rings is 1. The van der Waals surface area contributed by atoms with Crippen LogP contribution in [0.15, 0.2) is 18.2 Å². The normalized spacial score (nSPS) is 10.7. The molecule has 0 atom stereocenters. The minimum absolute atomic E-state index is 0.799. The largest absolute Gasteiger partial charge is 0.497 e. The first-order valence-electron chi connectivity index (χ1n) is 6.23. The third-order valence-electron chi connectivity index (χ3n) is 2.76. The second kappa shape index (κ2) is 7.95. The highest BCUT2D eigenvalue weighted by Gasteiger charge is 2.04. The van der Waals surface area contributed by atoms with Gasteiger partial charge in [-0.15, -0.1) is 0 Å². The van der Waals surface area contributed by atoms with E-state index in [9.17, 15) is 0 Å². The maximum Gasteiger partial charge on any atom is 0.123 e.